The van der Waals surface area contributed by atoms with Crippen molar-refractivity contribution in [1.29, 1.82) is 0 Å². The van der Waals surface area contributed by atoms with Crippen molar-refractivity contribution in [1.82, 2.24) is 21.3 Å². The Kier molecular flexibility index (Phi) is 21.2. The van der Waals surface area contributed by atoms with Crippen molar-refractivity contribution in [2.75, 3.05) is 0 Å². The third kappa shape index (κ3) is 14.1. The number of benzene rings is 4. The Hall–Kier alpha value is -7.00. The van der Waals surface area contributed by atoms with Gasteiger partial charge in [-0.3, -0.25) is 19.2 Å². The van der Waals surface area contributed by atoms with Crippen LogP contribution in [0.5, 0.6) is 46.0 Å². The highest BCUT2D eigenvalue weighted by molar-refractivity contribution is 5.75. The van der Waals surface area contributed by atoms with E-state index in [2.05, 4.69) is 21.3 Å². The van der Waals surface area contributed by atoms with Gasteiger partial charge in [0.2, 0.25) is 0 Å². The maximum absolute atomic E-state index is 12.7. The van der Waals surface area contributed by atoms with Crippen LogP contribution >= 0.6 is 0 Å². The monoisotopic (exact) mass is 1120 g/mol. The van der Waals surface area contributed by atoms with E-state index in [-0.39, 0.29) is 116 Å². The predicted molar refractivity (Wildman–Crippen MR) is 300 cm³/mol. The molecule has 440 valence electrons. The molecule has 0 heterocycles. The van der Waals surface area contributed by atoms with E-state index in [1.807, 2.05) is 55.4 Å². The molecule has 0 saturated carbocycles. The second-order valence-corrected chi connectivity index (χ2v) is 23.4. The number of carboxylic acid groups (broad SMARTS) is 4. The molecule has 0 spiro atoms. The first-order valence-corrected chi connectivity index (χ1v) is 27.5. The lowest BCUT2D eigenvalue weighted by Crippen LogP contribution is -2.33. The van der Waals surface area contributed by atoms with Gasteiger partial charge >= 0.3 is 23.9 Å². The van der Waals surface area contributed by atoms with Crippen LogP contribution in [0.15, 0.2) is 24.3 Å². The Bertz CT molecular complexity index is 2430. The summed E-state index contributed by atoms with van der Waals surface area (Å²) in [5.41, 5.74) is 0.451. The number of hydrogen-bond acceptors (Lipinski definition) is 16. The maximum Gasteiger partial charge on any atom is 0.320 e. The van der Waals surface area contributed by atoms with Crippen molar-refractivity contribution in [2.24, 2.45) is 23.7 Å². The minimum absolute atomic E-state index is 0.126. The number of phenolic OH excluding ortho intramolecular Hbond substituents is 8. The molecule has 0 unspecified atom stereocenters. The molecule has 1 aliphatic rings. The number of aliphatic carboxylic acids is 4. The molecule has 4 atom stereocenters. The molecule has 20 nitrogen and oxygen atoms in total. The molecule has 0 aliphatic heterocycles. The smallest absolute Gasteiger partial charge is 0.320 e. The quantitative estimate of drug-likeness (QED) is 0.0312. The van der Waals surface area contributed by atoms with E-state index in [9.17, 15) is 80.5 Å². The van der Waals surface area contributed by atoms with E-state index in [1.165, 1.54) is 27.7 Å². The van der Waals surface area contributed by atoms with Crippen molar-refractivity contribution in [3.05, 3.63) is 91.0 Å². The topological polar surface area (TPSA) is 359 Å². The zero-order chi connectivity index (χ0) is 60.1. The summed E-state index contributed by atoms with van der Waals surface area (Å²) in [6.45, 7) is 19.0. The number of phenols is 8. The third-order valence-corrected chi connectivity index (χ3v) is 15.4. The van der Waals surface area contributed by atoms with Crippen LogP contribution in [0.3, 0.4) is 0 Å². The van der Waals surface area contributed by atoms with Gasteiger partial charge in [-0.25, -0.2) is 0 Å². The molecule has 0 saturated heterocycles. The lowest BCUT2D eigenvalue weighted by atomic mass is 9.73. The molecule has 5 rings (SSSR count). The normalized spacial score (nSPS) is 17.9. The molecule has 0 fully saturated rings. The second kappa shape index (κ2) is 26.5. The lowest BCUT2D eigenvalue weighted by molar-refractivity contribution is -0.140. The van der Waals surface area contributed by atoms with Gasteiger partial charge in [-0.1, -0.05) is 55.4 Å². The standard InChI is InChI=1S/C60H84N4O16/c1-25(2)13-33-37-17-39(51(67)45(49(37)65)21-61-29(9)57(73)74)34(14-26(3)4)41-19-43(55(71)47(53(41)69)23-63-31(11)59(77)78)36(16-28(7)8)44-20-42(54(70)48(56(44)72)24-64-32(12)60(79)80)35(15-27(5)6)40-18-38(33)50(66)46(52(40)68)22-62-30(10)58(75)76/h17-20,25-36,61-72H,13-16,21-24H2,1-12H3,(H,73,74)(H,75,76)(H,77,78)(H,79,80)/t29-,30-,31-,32-,33?,34?,35?,36?/m0/s1. The molecule has 4 aromatic carbocycles. The molecular formula is C60H84N4O16. The molecule has 4 aromatic rings. The van der Waals surface area contributed by atoms with E-state index < -0.39 is 144 Å². The van der Waals surface area contributed by atoms with E-state index in [4.69, 9.17) is 0 Å². The maximum atomic E-state index is 12.7. The zero-order valence-corrected chi connectivity index (χ0v) is 47.9. The van der Waals surface area contributed by atoms with Crippen LogP contribution in [0.25, 0.3) is 0 Å². The summed E-state index contributed by atoms with van der Waals surface area (Å²) in [7, 11) is 0. The fraction of sp³-hybridized carbons (Fsp3) is 0.533. The third-order valence-electron chi connectivity index (χ3n) is 15.4. The Morgan fingerprint density at radius 1 is 0.312 bits per heavy atom. The fourth-order valence-electron chi connectivity index (χ4n) is 10.8. The highest BCUT2D eigenvalue weighted by Crippen LogP contribution is 2.56. The molecule has 8 bridgehead atoms. The number of fused-ring (bicyclic) bond motifs is 8. The summed E-state index contributed by atoms with van der Waals surface area (Å²) in [6.07, 6.45) is 0.632. The highest BCUT2D eigenvalue weighted by atomic mass is 16.4. The van der Waals surface area contributed by atoms with Gasteiger partial charge in [-0.15, -0.1) is 0 Å². The van der Waals surface area contributed by atoms with E-state index in [0.29, 0.717) is 0 Å². The van der Waals surface area contributed by atoms with Gasteiger partial charge in [0.25, 0.3) is 0 Å². The number of carboxylic acids is 4. The Balaban J connectivity index is 2.21. The number of carbonyl (C=O) groups is 4. The fourth-order valence-corrected chi connectivity index (χ4v) is 10.8. The van der Waals surface area contributed by atoms with Gasteiger partial charge < -0.3 is 82.5 Å². The van der Waals surface area contributed by atoms with Crippen LogP contribution in [-0.4, -0.2) is 109 Å². The largest absolute Gasteiger partial charge is 0.507 e. The van der Waals surface area contributed by atoms with Crippen LogP contribution in [-0.2, 0) is 45.4 Å². The van der Waals surface area contributed by atoms with Gasteiger partial charge in [-0.05, 0) is 101 Å². The summed E-state index contributed by atoms with van der Waals surface area (Å²) < 4.78 is 0. The van der Waals surface area contributed by atoms with Gasteiger partial charge in [0, 0.05) is 94.4 Å². The first-order chi connectivity index (χ1) is 37.3. The Morgan fingerprint density at radius 3 is 0.562 bits per heavy atom. The number of nitrogens with one attached hydrogen (secondary N) is 4. The first kappa shape index (κ1) is 63.8. The van der Waals surface area contributed by atoms with Gasteiger partial charge in [0.05, 0.1) is 22.3 Å². The van der Waals surface area contributed by atoms with Crippen LogP contribution in [0.2, 0.25) is 0 Å². The van der Waals surface area contributed by atoms with Crippen molar-refractivity contribution >= 4 is 23.9 Å². The second-order valence-electron chi connectivity index (χ2n) is 23.4. The van der Waals surface area contributed by atoms with Gasteiger partial charge in [0.1, 0.15) is 70.2 Å². The first-order valence-electron chi connectivity index (χ1n) is 27.5. The van der Waals surface area contributed by atoms with Crippen LogP contribution in [0.4, 0.5) is 0 Å². The average molecular weight is 1120 g/mol. The SMILES string of the molecule is CC(C)CC1c2cc(c(O)c(CN[C@@H](C)C(=O)O)c2O)C(CC(C)C)c2cc(c(O)c(CN[C@@H](C)C(=O)O)c2O)C(CC(C)C)c2cc(c(O)c(CN[C@@H](C)C(=O)O)c2O)C(CC(C)C)c2cc1c(O)c(CN[C@@H](C)C(=O)O)c2O. The van der Waals surface area contributed by atoms with E-state index in [0.717, 1.165) is 0 Å². The van der Waals surface area contributed by atoms with E-state index >= 15 is 0 Å². The summed E-state index contributed by atoms with van der Waals surface area (Å²) >= 11 is 0. The summed E-state index contributed by atoms with van der Waals surface area (Å²) in [4.78, 5) is 49.0. The molecule has 16 N–H and O–H groups in total. The molecule has 20 heteroatoms. The molecule has 80 heavy (non-hydrogen) atoms. The van der Waals surface area contributed by atoms with Crippen molar-refractivity contribution < 1.29 is 80.5 Å². The van der Waals surface area contributed by atoms with Crippen molar-refractivity contribution in [3.8, 4) is 46.0 Å². The number of aromatic hydroxyl groups is 8. The van der Waals surface area contributed by atoms with Crippen LogP contribution in [0, 0.1) is 23.7 Å². The predicted octanol–water partition coefficient (Wildman–Crippen LogP) is 8.61. The number of rotatable bonds is 24. The van der Waals surface area contributed by atoms with Crippen LogP contribution in [0.1, 0.15) is 199 Å². The lowest BCUT2D eigenvalue weighted by Gasteiger charge is -2.33. The zero-order valence-electron chi connectivity index (χ0n) is 47.9. The average Bonchev–Trinajstić information content (AvgIpc) is 3.35. The van der Waals surface area contributed by atoms with E-state index in [1.54, 1.807) is 24.3 Å². The summed E-state index contributed by atoms with van der Waals surface area (Å²) in [5.74, 6) is -13.9. The Morgan fingerprint density at radius 2 is 0.450 bits per heavy atom. The number of hydrogen-bond donors (Lipinski definition) is 16. The molecular weight excluding hydrogens is 1030 g/mol. The van der Waals surface area contributed by atoms with Gasteiger partial charge in [-0.2, -0.15) is 0 Å². The van der Waals surface area contributed by atoms with Crippen LogP contribution < -0.4 is 21.3 Å². The van der Waals surface area contributed by atoms with Crippen molar-refractivity contribution in [3.63, 3.8) is 0 Å². The molecule has 1 aliphatic carbocycles. The minimum Gasteiger partial charge on any atom is -0.507 e. The van der Waals surface area contributed by atoms with Gasteiger partial charge in [0.15, 0.2) is 0 Å². The summed E-state index contributed by atoms with van der Waals surface area (Å²) in [5, 5.41) is 153. The minimum atomic E-state index is -1.23. The Labute approximate surface area is 467 Å². The molecule has 0 aromatic heterocycles. The molecule has 0 radical (unpaired) electrons. The summed E-state index contributed by atoms with van der Waals surface area (Å²) in [6, 6.07) is 1.46. The highest BCUT2D eigenvalue weighted by Gasteiger charge is 2.38. The van der Waals surface area contributed by atoms with Crippen molar-refractivity contribution in [2.45, 2.75) is 183 Å². The molecule has 0 amide bonds.